The molecule has 7 nitrogen and oxygen atoms in total. The van der Waals surface area contributed by atoms with Gasteiger partial charge >= 0.3 is 0 Å². The molecule has 7 heteroatoms. The summed E-state index contributed by atoms with van der Waals surface area (Å²) in [4.78, 5) is 10.8. The molecule has 0 aliphatic carbocycles. The van der Waals surface area contributed by atoms with Gasteiger partial charge in [0.25, 0.3) is 0 Å². The number of nitrogens with two attached hydrogens (primary N) is 2. The van der Waals surface area contributed by atoms with Crippen LogP contribution in [-0.4, -0.2) is 49.4 Å². The fourth-order valence-electron chi connectivity index (χ4n) is 3.63. The second-order valence-corrected chi connectivity index (χ2v) is 6.94. The van der Waals surface area contributed by atoms with Crippen molar-refractivity contribution in [2.24, 2.45) is 4.99 Å². The average Bonchev–Trinajstić information content (AvgIpc) is 3.17. The molecule has 2 aliphatic rings. The summed E-state index contributed by atoms with van der Waals surface area (Å²) in [6.45, 7) is 3.98. The number of hydrogen-bond donors (Lipinski definition) is 2. The minimum Gasteiger partial charge on any atom is -0.492 e. The highest BCUT2D eigenvalue weighted by atomic mass is 16.5. The van der Waals surface area contributed by atoms with Crippen molar-refractivity contribution in [1.82, 2.24) is 9.88 Å². The highest BCUT2D eigenvalue weighted by Gasteiger charge is 2.24. The Morgan fingerprint density at radius 1 is 1.30 bits per heavy atom. The van der Waals surface area contributed by atoms with E-state index in [9.17, 15) is 0 Å². The number of fused-ring (bicyclic) bond motifs is 2. The third-order valence-corrected chi connectivity index (χ3v) is 5.12. The van der Waals surface area contributed by atoms with Gasteiger partial charge in [0, 0.05) is 37.9 Å². The zero-order valence-corrected chi connectivity index (χ0v) is 15.6. The summed E-state index contributed by atoms with van der Waals surface area (Å²) in [6, 6.07) is 5.91. The van der Waals surface area contributed by atoms with Gasteiger partial charge in [-0.1, -0.05) is 6.07 Å². The number of ether oxygens (including phenoxy) is 2. The van der Waals surface area contributed by atoms with Crippen molar-refractivity contribution in [1.29, 1.82) is 0 Å². The number of aromatic nitrogens is 1. The SMILES string of the molecule is CN=Cc1c(N)nc2c(c1N)Cc1ccc(OCCN3CCCC3)cc1O2. The number of anilines is 2. The van der Waals surface area contributed by atoms with Crippen molar-refractivity contribution in [3.05, 3.63) is 34.9 Å². The number of benzene rings is 1. The number of rotatable bonds is 5. The second kappa shape index (κ2) is 7.44. The quantitative estimate of drug-likeness (QED) is 0.672. The van der Waals surface area contributed by atoms with Crippen LogP contribution in [0.4, 0.5) is 11.5 Å². The van der Waals surface area contributed by atoms with Crippen LogP contribution in [0.2, 0.25) is 0 Å². The maximum atomic E-state index is 6.28. The Kier molecular flexibility index (Phi) is 4.85. The van der Waals surface area contributed by atoms with Gasteiger partial charge in [0.1, 0.15) is 23.9 Å². The van der Waals surface area contributed by atoms with Crippen molar-refractivity contribution in [2.45, 2.75) is 19.3 Å². The van der Waals surface area contributed by atoms with E-state index in [1.54, 1.807) is 13.3 Å². The highest BCUT2D eigenvalue weighted by molar-refractivity contribution is 5.94. The number of pyridine rings is 1. The third-order valence-electron chi connectivity index (χ3n) is 5.12. The van der Waals surface area contributed by atoms with Gasteiger partial charge in [-0.05, 0) is 37.6 Å². The molecule has 1 aromatic carbocycles. The van der Waals surface area contributed by atoms with E-state index < -0.39 is 0 Å². The largest absolute Gasteiger partial charge is 0.492 e. The molecule has 3 heterocycles. The van der Waals surface area contributed by atoms with Crippen LogP contribution < -0.4 is 20.9 Å². The maximum Gasteiger partial charge on any atom is 0.226 e. The van der Waals surface area contributed by atoms with Crippen molar-refractivity contribution in [3.8, 4) is 17.4 Å². The first-order chi connectivity index (χ1) is 13.2. The van der Waals surface area contributed by atoms with Crippen molar-refractivity contribution in [3.63, 3.8) is 0 Å². The van der Waals surface area contributed by atoms with Gasteiger partial charge in [-0.15, -0.1) is 0 Å². The number of aliphatic imine (C=N–C) groups is 1. The molecule has 1 aromatic heterocycles. The molecule has 0 atom stereocenters. The lowest BCUT2D eigenvalue weighted by Crippen LogP contribution is -2.25. The molecule has 1 fully saturated rings. The van der Waals surface area contributed by atoms with Crippen LogP contribution in [0.25, 0.3) is 0 Å². The Labute approximate surface area is 159 Å². The first kappa shape index (κ1) is 17.6. The highest BCUT2D eigenvalue weighted by Crippen LogP contribution is 2.41. The molecule has 0 amide bonds. The first-order valence-corrected chi connectivity index (χ1v) is 9.31. The summed E-state index contributed by atoms with van der Waals surface area (Å²) >= 11 is 0. The summed E-state index contributed by atoms with van der Waals surface area (Å²) in [5, 5.41) is 0. The number of nitrogens with zero attached hydrogens (tertiary/aromatic N) is 3. The minimum atomic E-state index is 0.318. The van der Waals surface area contributed by atoms with E-state index in [-0.39, 0.29) is 0 Å². The van der Waals surface area contributed by atoms with Crippen LogP contribution in [0.15, 0.2) is 23.2 Å². The summed E-state index contributed by atoms with van der Waals surface area (Å²) in [5.74, 6) is 2.31. The molecular weight excluding hydrogens is 342 g/mol. The van der Waals surface area contributed by atoms with Crippen molar-refractivity contribution >= 4 is 17.7 Å². The Morgan fingerprint density at radius 3 is 2.89 bits per heavy atom. The van der Waals surface area contributed by atoms with Gasteiger partial charge < -0.3 is 20.9 Å². The summed E-state index contributed by atoms with van der Waals surface area (Å²) in [7, 11) is 1.68. The molecule has 142 valence electrons. The summed E-state index contributed by atoms with van der Waals surface area (Å²) in [5.41, 5.74) is 15.4. The van der Waals surface area contributed by atoms with E-state index in [0.717, 1.165) is 29.2 Å². The first-order valence-electron chi connectivity index (χ1n) is 9.31. The Balaban J connectivity index is 1.50. The Morgan fingerprint density at radius 2 is 2.11 bits per heavy atom. The lowest BCUT2D eigenvalue weighted by molar-refractivity contribution is 0.237. The zero-order valence-electron chi connectivity index (χ0n) is 15.6. The van der Waals surface area contributed by atoms with Crippen LogP contribution in [-0.2, 0) is 6.42 Å². The van der Waals surface area contributed by atoms with Crippen LogP contribution in [0.5, 0.6) is 17.4 Å². The Hall–Kier alpha value is -2.80. The molecule has 0 spiro atoms. The lowest BCUT2D eigenvalue weighted by atomic mass is 9.99. The summed E-state index contributed by atoms with van der Waals surface area (Å²) < 4.78 is 11.9. The van der Waals surface area contributed by atoms with Crippen LogP contribution in [0.3, 0.4) is 0 Å². The molecule has 0 unspecified atom stereocenters. The summed E-state index contributed by atoms with van der Waals surface area (Å²) in [6.07, 6.45) is 4.85. The van der Waals surface area contributed by atoms with Crippen LogP contribution >= 0.6 is 0 Å². The van der Waals surface area contributed by atoms with Crippen LogP contribution in [0.1, 0.15) is 29.5 Å². The number of likely N-dealkylation sites (tertiary alicyclic amines) is 1. The van der Waals surface area contributed by atoms with Gasteiger partial charge in [0.2, 0.25) is 5.88 Å². The maximum absolute atomic E-state index is 6.28. The third kappa shape index (κ3) is 3.55. The molecule has 4 rings (SSSR count). The fourth-order valence-corrected chi connectivity index (χ4v) is 3.63. The van der Waals surface area contributed by atoms with E-state index >= 15 is 0 Å². The van der Waals surface area contributed by atoms with E-state index in [1.807, 2.05) is 18.2 Å². The molecule has 2 aromatic rings. The van der Waals surface area contributed by atoms with Crippen molar-refractivity contribution in [2.75, 3.05) is 44.8 Å². The zero-order chi connectivity index (χ0) is 18.8. The molecule has 0 radical (unpaired) electrons. The lowest BCUT2D eigenvalue weighted by Gasteiger charge is -2.23. The van der Waals surface area contributed by atoms with Gasteiger partial charge in [0.05, 0.1) is 11.3 Å². The predicted molar refractivity (Wildman–Crippen MR) is 107 cm³/mol. The van der Waals surface area contributed by atoms with E-state index in [2.05, 4.69) is 14.9 Å². The Bertz CT molecular complexity index is 875. The fraction of sp³-hybridized carbons (Fsp3) is 0.400. The van der Waals surface area contributed by atoms with Crippen molar-refractivity contribution < 1.29 is 9.47 Å². The number of hydrogen-bond acceptors (Lipinski definition) is 7. The topological polar surface area (TPSA) is 99.0 Å². The van der Waals surface area contributed by atoms with Gasteiger partial charge in [-0.2, -0.15) is 4.98 Å². The molecule has 0 bridgehead atoms. The monoisotopic (exact) mass is 367 g/mol. The van der Waals surface area contributed by atoms with Crippen LogP contribution in [0, 0.1) is 0 Å². The standard InChI is InChI=1S/C20H25N5O2/c1-23-12-16-18(21)15-10-13-4-5-14(26-9-8-25-6-2-3-7-25)11-17(13)27-20(15)24-19(16)22/h4-5,11-12H,2-3,6-10H2,1H3,(H4,21,22,24). The molecule has 0 saturated carbocycles. The van der Waals surface area contributed by atoms with Gasteiger partial charge in [-0.3, -0.25) is 9.89 Å². The van der Waals surface area contributed by atoms with E-state index in [0.29, 0.717) is 36.0 Å². The molecular formula is C20H25N5O2. The second-order valence-electron chi connectivity index (χ2n) is 6.94. The van der Waals surface area contributed by atoms with Gasteiger partial charge in [-0.25, -0.2) is 0 Å². The van der Waals surface area contributed by atoms with E-state index in [1.165, 1.54) is 25.9 Å². The van der Waals surface area contributed by atoms with E-state index in [4.69, 9.17) is 20.9 Å². The normalized spacial score (nSPS) is 16.2. The molecule has 1 saturated heterocycles. The molecule has 4 N–H and O–H groups in total. The molecule has 2 aliphatic heterocycles. The average molecular weight is 367 g/mol. The van der Waals surface area contributed by atoms with Gasteiger partial charge in [0.15, 0.2) is 0 Å². The number of nitrogen functional groups attached to an aromatic ring is 2. The minimum absolute atomic E-state index is 0.318. The predicted octanol–water partition coefficient (Wildman–Crippen LogP) is 2.47. The smallest absolute Gasteiger partial charge is 0.226 e. The molecule has 27 heavy (non-hydrogen) atoms.